The molecule has 3 amide bonds. The number of nitrogens with one attached hydrogen (secondary N) is 1. The van der Waals surface area contributed by atoms with Gasteiger partial charge >= 0.3 is 0 Å². The van der Waals surface area contributed by atoms with Crippen LogP contribution in [0.2, 0.25) is 5.02 Å². The summed E-state index contributed by atoms with van der Waals surface area (Å²) in [7, 11) is -3.92. The molecule has 3 saturated heterocycles. The van der Waals surface area contributed by atoms with Crippen LogP contribution in [-0.4, -0.2) is 110 Å². The van der Waals surface area contributed by atoms with Gasteiger partial charge in [-0.15, -0.1) is 11.3 Å². The number of thiophene rings is 1. The average Bonchev–Trinajstić information content (AvgIpc) is 3.54. The first-order valence-electron chi connectivity index (χ1n) is 13.4. The fraction of sp³-hybridized carbons (Fsp3) is 0.577. The molecular formula is C26H34ClN5O5S2. The summed E-state index contributed by atoms with van der Waals surface area (Å²) >= 11 is 7.17. The minimum absolute atomic E-state index is 0.0485. The fourth-order valence-electron chi connectivity index (χ4n) is 5.73. The number of carbonyl (C=O) groups excluding carboxylic acids is 3. The Morgan fingerprint density at radius 2 is 1.79 bits per heavy atom. The second-order valence-corrected chi connectivity index (χ2v) is 14.0. The lowest BCUT2D eigenvalue weighted by Crippen LogP contribution is -2.56. The Labute approximate surface area is 237 Å². The summed E-state index contributed by atoms with van der Waals surface area (Å²) in [5.41, 5.74) is 0. The Bertz CT molecular complexity index is 1360. The highest BCUT2D eigenvalue weighted by molar-refractivity contribution is 7.91. The fourth-order valence-corrected chi connectivity index (χ4v) is 8.52. The van der Waals surface area contributed by atoms with Crippen molar-refractivity contribution >= 4 is 60.8 Å². The van der Waals surface area contributed by atoms with E-state index in [4.69, 9.17) is 11.6 Å². The Morgan fingerprint density at radius 1 is 1.05 bits per heavy atom. The van der Waals surface area contributed by atoms with Gasteiger partial charge in [0.1, 0.15) is 10.3 Å². The van der Waals surface area contributed by atoms with Crippen LogP contribution in [0.4, 0.5) is 0 Å². The molecule has 3 fully saturated rings. The number of rotatable bonds is 7. The minimum Gasteiger partial charge on any atom is -0.340 e. The van der Waals surface area contributed by atoms with Gasteiger partial charge in [0, 0.05) is 68.5 Å². The van der Waals surface area contributed by atoms with Crippen molar-refractivity contribution in [2.24, 2.45) is 0 Å². The number of piperazine rings is 1. The predicted octanol–water partition coefficient (Wildman–Crippen LogP) is 1.98. The highest BCUT2D eigenvalue weighted by Gasteiger charge is 2.37. The Balaban J connectivity index is 1.18. The third kappa shape index (κ3) is 6.40. The van der Waals surface area contributed by atoms with Gasteiger partial charge in [0.2, 0.25) is 17.7 Å². The summed E-state index contributed by atoms with van der Waals surface area (Å²) in [4.78, 5) is 45.7. The standard InChI is InChI=1S/C26H34ClN5O5S2/c1-18(33)30-12-10-29(11-13-30)16-21-4-2-9-32(21)24(34)17-31-8-3-5-22(26(31)35)28-39(36,37)25-15-19-14-20(27)6-7-23(19)38-25/h6-7,14-15,21-22,28H,2-5,8-13,16-17H2,1H3/t21-,22-/m0/s1. The first-order chi connectivity index (χ1) is 18.6. The molecule has 0 aliphatic carbocycles. The number of benzene rings is 1. The molecule has 1 aromatic heterocycles. The summed E-state index contributed by atoms with van der Waals surface area (Å²) in [6.07, 6.45) is 2.83. The van der Waals surface area contributed by atoms with E-state index in [9.17, 15) is 22.8 Å². The van der Waals surface area contributed by atoms with Gasteiger partial charge in [0.05, 0.1) is 6.54 Å². The molecule has 1 aromatic carbocycles. The maximum Gasteiger partial charge on any atom is 0.250 e. The molecule has 2 atom stereocenters. The Kier molecular flexibility index (Phi) is 8.48. The highest BCUT2D eigenvalue weighted by Crippen LogP contribution is 2.31. The van der Waals surface area contributed by atoms with Gasteiger partial charge in [-0.05, 0) is 55.3 Å². The van der Waals surface area contributed by atoms with Crippen LogP contribution in [-0.2, 0) is 24.4 Å². The first kappa shape index (κ1) is 28.3. The third-order valence-corrected chi connectivity index (χ3v) is 11.2. The Hall–Kier alpha value is -2.25. The molecule has 0 unspecified atom stereocenters. The normalized spacial score (nSPS) is 23.1. The van der Waals surface area contributed by atoms with Gasteiger partial charge in [-0.25, -0.2) is 8.42 Å². The van der Waals surface area contributed by atoms with Crippen LogP contribution < -0.4 is 4.72 Å². The number of hydrogen-bond acceptors (Lipinski definition) is 7. The van der Waals surface area contributed by atoms with Crippen LogP contribution in [0.25, 0.3) is 10.1 Å². The monoisotopic (exact) mass is 595 g/mol. The number of piperidine rings is 1. The molecule has 3 aliphatic rings. The zero-order chi connectivity index (χ0) is 27.7. The Morgan fingerprint density at radius 3 is 2.54 bits per heavy atom. The summed E-state index contributed by atoms with van der Waals surface area (Å²) in [5.74, 6) is -0.371. The van der Waals surface area contributed by atoms with Crippen molar-refractivity contribution in [2.75, 3.05) is 52.4 Å². The van der Waals surface area contributed by atoms with E-state index >= 15 is 0 Å². The molecule has 2 aromatic rings. The maximum atomic E-state index is 13.3. The van der Waals surface area contributed by atoms with Gasteiger partial charge in [-0.3, -0.25) is 19.3 Å². The topological polar surface area (TPSA) is 110 Å². The molecule has 0 saturated carbocycles. The molecule has 10 nitrogen and oxygen atoms in total. The molecule has 0 bridgehead atoms. The van der Waals surface area contributed by atoms with Crippen molar-refractivity contribution in [3.05, 3.63) is 29.3 Å². The summed E-state index contributed by atoms with van der Waals surface area (Å²) in [6.45, 7) is 6.36. The molecule has 3 aliphatic heterocycles. The molecule has 13 heteroatoms. The maximum absolute atomic E-state index is 13.3. The van der Waals surface area contributed by atoms with E-state index in [1.807, 2.05) is 9.80 Å². The van der Waals surface area contributed by atoms with Crippen molar-refractivity contribution in [1.82, 2.24) is 24.3 Å². The average molecular weight is 596 g/mol. The molecule has 0 radical (unpaired) electrons. The van der Waals surface area contributed by atoms with E-state index in [0.29, 0.717) is 44.0 Å². The van der Waals surface area contributed by atoms with E-state index in [0.717, 1.165) is 53.9 Å². The van der Waals surface area contributed by atoms with Crippen molar-refractivity contribution in [3.63, 3.8) is 0 Å². The van der Waals surface area contributed by atoms with Gasteiger partial charge in [-0.1, -0.05) is 11.6 Å². The molecule has 0 spiro atoms. The summed E-state index contributed by atoms with van der Waals surface area (Å²) in [5, 5.41) is 1.26. The molecule has 1 N–H and O–H groups in total. The lowest BCUT2D eigenvalue weighted by molar-refractivity contribution is -0.143. The number of likely N-dealkylation sites (tertiary alicyclic amines) is 2. The van der Waals surface area contributed by atoms with Gasteiger partial charge in [0.15, 0.2) is 0 Å². The van der Waals surface area contributed by atoms with Crippen LogP contribution in [0.1, 0.15) is 32.6 Å². The third-order valence-electron chi connectivity index (χ3n) is 7.86. The van der Waals surface area contributed by atoms with Crippen molar-refractivity contribution < 1.29 is 22.8 Å². The largest absolute Gasteiger partial charge is 0.340 e. The van der Waals surface area contributed by atoms with E-state index in [-0.39, 0.29) is 34.5 Å². The summed E-state index contributed by atoms with van der Waals surface area (Å²) < 4.78 is 29.8. The van der Waals surface area contributed by atoms with Crippen LogP contribution >= 0.6 is 22.9 Å². The van der Waals surface area contributed by atoms with Crippen LogP contribution in [0.5, 0.6) is 0 Å². The zero-order valence-corrected chi connectivity index (χ0v) is 24.4. The number of nitrogens with zero attached hydrogens (tertiary/aromatic N) is 4. The number of sulfonamides is 1. The summed E-state index contributed by atoms with van der Waals surface area (Å²) in [6, 6.07) is 5.94. The number of halogens is 1. The van der Waals surface area contributed by atoms with E-state index in [1.165, 1.54) is 4.90 Å². The predicted molar refractivity (Wildman–Crippen MR) is 150 cm³/mol. The minimum atomic E-state index is -3.92. The number of fused-ring (bicyclic) bond motifs is 1. The number of carbonyl (C=O) groups is 3. The van der Waals surface area contributed by atoms with Gasteiger partial charge in [0.25, 0.3) is 10.0 Å². The van der Waals surface area contributed by atoms with Gasteiger partial charge < -0.3 is 14.7 Å². The van der Waals surface area contributed by atoms with Crippen LogP contribution in [0.3, 0.4) is 0 Å². The second-order valence-electron chi connectivity index (χ2n) is 10.5. The molecule has 4 heterocycles. The number of amides is 3. The lowest BCUT2D eigenvalue weighted by atomic mass is 10.1. The first-order valence-corrected chi connectivity index (χ1v) is 16.1. The second kappa shape index (κ2) is 11.7. The SMILES string of the molecule is CC(=O)N1CCN(C[C@@H]2CCCN2C(=O)CN2CCC[C@H](NS(=O)(=O)c3cc4cc(Cl)ccc4s3)C2=O)CC1. The van der Waals surface area contributed by atoms with Gasteiger partial charge in [-0.2, -0.15) is 4.72 Å². The van der Waals surface area contributed by atoms with Crippen molar-refractivity contribution in [3.8, 4) is 0 Å². The van der Waals surface area contributed by atoms with Crippen LogP contribution in [0.15, 0.2) is 28.5 Å². The van der Waals surface area contributed by atoms with E-state index in [1.54, 1.807) is 31.2 Å². The van der Waals surface area contributed by atoms with E-state index in [2.05, 4.69) is 9.62 Å². The molecular weight excluding hydrogens is 562 g/mol. The molecule has 5 rings (SSSR count). The van der Waals surface area contributed by atoms with Crippen LogP contribution in [0, 0.1) is 0 Å². The molecule has 212 valence electrons. The zero-order valence-electron chi connectivity index (χ0n) is 22.0. The van der Waals surface area contributed by atoms with E-state index < -0.39 is 16.1 Å². The number of hydrogen-bond donors (Lipinski definition) is 1. The lowest BCUT2D eigenvalue weighted by Gasteiger charge is -2.38. The molecule has 39 heavy (non-hydrogen) atoms. The quantitative estimate of drug-likeness (QED) is 0.524. The van der Waals surface area contributed by atoms with Crippen molar-refractivity contribution in [2.45, 2.75) is 48.9 Å². The van der Waals surface area contributed by atoms with Crippen molar-refractivity contribution in [1.29, 1.82) is 0 Å². The highest BCUT2D eigenvalue weighted by atomic mass is 35.5. The smallest absolute Gasteiger partial charge is 0.250 e.